The number of hydrogen-bond donors (Lipinski definition) is 0. The summed E-state index contributed by atoms with van der Waals surface area (Å²) in [6.45, 7) is 8.71. The maximum Gasteiger partial charge on any atom is 0.166 e. The lowest BCUT2D eigenvalue weighted by Crippen LogP contribution is -2.04. The summed E-state index contributed by atoms with van der Waals surface area (Å²) in [5, 5.41) is 4.89. The summed E-state index contributed by atoms with van der Waals surface area (Å²) in [4.78, 5) is 15.9. The molecule has 12 aromatic rings. The molecular weight excluding hydrogens is 821 g/mol. The number of benzene rings is 9. The molecular formula is C61H44N4S. The van der Waals surface area contributed by atoms with Gasteiger partial charge in [0, 0.05) is 47.6 Å². The van der Waals surface area contributed by atoms with E-state index in [9.17, 15) is 0 Å². The van der Waals surface area contributed by atoms with Gasteiger partial charge >= 0.3 is 0 Å². The number of aromatic nitrogens is 4. The van der Waals surface area contributed by atoms with E-state index in [0.29, 0.717) is 17.5 Å². The maximum absolute atomic E-state index is 5.37. The van der Waals surface area contributed by atoms with Crippen LogP contribution in [0.1, 0.15) is 22.3 Å². The normalized spacial score (nSPS) is 11.6. The van der Waals surface area contributed by atoms with Crippen LogP contribution in [0.25, 0.3) is 115 Å². The smallest absolute Gasteiger partial charge is 0.166 e. The second-order valence-electron chi connectivity index (χ2n) is 17.6. The minimum atomic E-state index is 0.607. The van der Waals surface area contributed by atoms with Crippen LogP contribution in [0, 0.1) is 27.7 Å². The Kier molecular flexibility index (Phi) is 9.55. The highest BCUT2D eigenvalue weighted by molar-refractivity contribution is 7.25. The largest absolute Gasteiger partial charge is 0.308 e. The first kappa shape index (κ1) is 39.6. The Morgan fingerprint density at radius 2 is 0.833 bits per heavy atom. The zero-order chi connectivity index (χ0) is 44.5. The highest BCUT2D eigenvalue weighted by atomic mass is 32.1. The Balaban J connectivity index is 1.17. The van der Waals surface area contributed by atoms with E-state index in [4.69, 9.17) is 15.0 Å². The fourth-order valence-electron chi connectivity index (χ4n) is 9.95. The molecule has 3 heterocycles. The molecule has 0 bridgehead atoms. The van der Waals surface area contributed by atoms with Gasteiger partial charge in [-0.2, -0.15) is 0 Å². The number of nitrogens with zero attached hydrogens (tertiary/aromatic N) is 4. The standard InChI is InChI=1S/C61H44N4S/c1-37-28-38(2)31-46(30-37)43-22-25-53-50(34-43)51-35-44(47-32-39(3)29-40(4)33-47)23-26-54(51)65(53)55-27-24-45(48-19-13-21-57-58(48)49-18-11-12-20-56(49)66-57)36-52(55)61-63-59(41-14-7-5-8-15-41)62-60(64-61)42-16-9-6-10-17-42/h5-36H,1-4H3. The first-order valence-corrected chi connectivity index (χ1v) is 23.3. The molecule has 9 aromatic carbocycles. The van der Waals surface area contributed by atoms with E-state index in [1.807, 2.05) is 47.7 Å². The molecule has 0 aliphatic heterocycles. The van der Waals surface area contributed by atoms with Gasteiger partial charge in [0.2, 0.25) is 0 Å². The van der Waals surface area contributed by atoms with Gasteiger partial charge in [-0.15, -0.1) is 11.3 Å². The number of fused-ring (bicyclic) bond motifs is 6. The average Bonchev–Trinajstić information content (AvgIpc) is 3.89. The lowest BCUT2D eigenvalue weighted by molar-refractivity contribution is 1.06. The van der Waals surface area contributed by atoms with Gasteiger partial charge in [0.25, 0.3) is 0 Å². The Morgan fingerprint density at radius 3 is 1.41 bits per heavy atom. The molecule has 0 amide bonds. The Bertz CT molecular complexity index is 3650. The average molecular weight is 865 g/mol. The van der Waals surface area contributed by atoms with Crippen LogP contribution in [-0.2, 0) is 0 Å². The van der Waals surface area contributed by atoms with Crippen molar-refractivity contribution in [3.05, 3.63) is 216 Å². The van der Waals surface area contributed by atoms with E-state index in [1.165, 1.54) is 81.0 Å². The zero-order valence-electron chi connectivity index (χ0n) is 37.2. The maximum atomic E-state index is 5.37. The molecule has 314 valence electrons. The first-order valence-electron chi connectivity index (χ1n) is 22.5. The summed E-state index contributed by atoms with van der Waals surface area (Å²) >= 11 is 1.84. The summed E-state index contributed by atoms with van der Waals surface area (Å²) in [6, 6.07) is 70.3. The van der Waals surface area contributed by atoms with Crippen LogP contribution in [0.3, 0.4) is 0 Å². The molecule has 5 heteroatoms. The Morgan fingerprint density at radius 1 is 0.333 bits per heavy atom. The van der Waals surface area contributed by atoms with Gasteiger partial charge in [-0.05, 0) is 110 Å². The second kappa shape index (κ2) is 15.9. The molecule has 0 saturated carbocycles. The summed E-state index contributed by atoms with van der Waals surface area (Å²) < 4.78 is 4.97. The molecule has 0 aliphatic carbocycles. The van der Waals surface area contributed by atoms with Gasteiger partial charge in [0.05, 0.1) is 16.7 Å². The lowest BCUT2D eigenvalue weighted by atomic mass is 9.96. The van der Waals surface area contributed by atoms with Crippen molar-refractivity contribution in [1.29, 1.82) is 0 Å². The fourth-order valence-corrected chi connectivity index (χ4v) is 11.1. The minimum Gasteiger partial charge on any atom is -0.308 e. The van der Waals surface area contributed by atoms with Gasteiger partial charge < -0.3 is 4.57 Å². The van der Waals surface area contributed by atoms with Crippen molar-refractivity contribution >= 4 is 53.3 Å². The summed E-state index contributed by atoms with van der Waals surface area (Å²) in [5.41, 5.74) is 18.1. The van der Waals surface area contributed by atoms with Crippen LogP contribution in [-0.4, -0.2) is 19.5 Å². The summed E-state index contributed by atoms with van der Waals surface area (Å²) in [7, 11) is 0. The fraction of sp³-hybridized carbons (Fsp3) is 0.0656. The zero-order valence-corrected chi connectivity index (χ0v) is 38.0. The third-order valence-electron chi connectivity index (χ3n) is 12.8. The molecule has 0 radical (unpaired) electrons. The predicted octanol–water partition coefficient (Wildman–Crippen LogP) is 16.6. The highest BCUT2D eigenvalue weighted by Crippen LogP contribution is 2.44. The molecule has 0 spiro atoms. The second-order valence-corrected chi connectivity index (χ2v) is 18.7. The third-order valence-corrected chi connectivity index (χ3v) is 13.9. The molecule has 0 fully saturated rings. The van der Waals surface area contributed by atoms with Crippen LogP contribution in [0.5, 0.6) is 0 Å². The summed E-state index contributed by atoms with van der Waals surface area (Å²) in [6.07, 6.45) is 0. The van der Waals surface area contributed by atoms with Crippen LogP contribution in [0.2, 0.25) is 0 Å². The van der Waals surface area contributed by atoms with Crippen LogP contribution in [0.4, 0.5) is 0 Å². The van der Waals surface area contributed by atoms with E-state index < -0.39 is 0 Å². The Labute approximate surface area is 388 Å². The Hall–Kier alpha value is -7.99. The van der Waals surface area contributed by atoms with Crippen molar-refractivity contribution in [3.63, 3.8) is 0 Å². The van der Waals surface area contributed by atoms with Crippen molar-refractivity contribution in [2.24, 2.45) is 0 Å². The van der Waals surface area contributed by atoms with Gasteiger partial charge in [0.15, 0.2) is 17.5 Å². The van der Waals surface area contributed by atoms with E-state index in [1.54, 1.807) is 0 Å². The molecule has 12 rings (SSSR count). The quantitative estimate of drug-likeness (QED) is 0.160. The molecule has 4 nitrogen and oxygen atoms in total. The topological polar surface area (TPSA) is 43.6 Å². The summed E-state index contributed by atoms with van der Waals surface area (Å²) in [5.74, 6) is 1.86. The van der Waals surface area contributed by atoms with Gasteiger partial charge in [0.1, 0.15) is 0 Å². The van der Waals surface area contributed by atoms with Gasteiger partial charge in [-0.1, -0.05) is 168 Å². The molecule has 0 N–H and O–H groups in total. The molecule has 66 heavy (non-hydrogen) atoms. The highest BCUT2D eigenvalue weighted by Gasteiger charge is 2.22. The number of rotatable bonds is 7. The molecule has 3 aromatic heterocycles. The van der Waals surface area contributed by atoms with E-state index in [-0.39, 0.29) is 0 Å². The van der Waals surface area contributed by atoms with Gasteiger partial charge in [-0.3, -0.25) is 0 Å². The van der Waals surface area contributed by atoms with E-state index >= 15 is 0 Å². The molecule has 0 aliphatic rings. The van der Waals surface area contributed by atoms with Crippen molar-refractivity contribution in [1.82, 2.24) is 19.5 Å². The van der Waals surface area contributed by atoms with Crippen molar-refractivity contribution in [2.75, 3.05) is 0 Å². The third kappa shape index (κ3) is 6.96. The van der Waals surface area contributed by atoms with Crippen molar-refractivity contribution < 1.29 is 0 Å². The predicted molar refractivity (Wildman–Crippen MR) is 279 cm³/mol. The van der Waals surface area contributed by atoms with Crippen molar-refractivity contribution in [3.8, 4) is 73.2 Å². The first-order chi connectivity index (χ1) is 32.3. The van der Waals surface area contributed by atoms with Crippen LogP contribution >= 0.6 is 11.3 Å². The molecule has 0 atom stereocenters. The number of thiophene rings is 1. The lowest BCUT2D eigenvalue weighted by Gasteiger charge is -2.17. The van der Waals surface area contributed by atoms with Crippen molar-refractivity contribution in [2.45, 2.75) is 27.7 Å². The minimum absolute atomic E-state index is 0.607. The van der Waals surface area contributed by atoms with Crippen LogP contribution < -0.4 is 0 Å². The monoisotopic (exact) mass is 864 g/mol. The van der Waals surface area contributed by atoms with E-state index in [2.05, 4.69) is 190 Å². The number of aryl methyl sites for hydroxylation is 4. The van der Waals surface area contributed by atoms with Gasteiger partial charge in [-0.25, -0.2) is 15.0 Å². The SMILES string of the molecule is Cc1cc(C)cc(-c2ccc3c(c2)c2cc(-c4cc(C)cc(C)c4)ccc2n3-c2ccc(-c3cccc4sc5ccccc5c34)cc2-c2nc(-c3ccccc3)nc(-c3ccccc3)n2)c1. The molecule has 0 saturated heterocycles. The number of hydrogen-bond acceptors (Lipinski definition) is 4. The van der Waals surface area contributed by atoms with E-state index in [0.717, 1.165) is 39.0 Å². The van der Waals surface area contributed by atoms with Crippen LogP contribution in [0.15, 0.2) is 194 Å². The molecule has 0 unspecified atom stereocenters.